The average molecular weight is 300 g/mol. The first kappa shape index (κ1) is 15.9. The Labute approximate surface area is 123 Å². The summed E-state index contributed by atoms with van der Waals surface area (Å²) < 4.78 is 26.3. The molecule has 118 valence electrons. The second kappa shape index (κ2) is 6.51. The van der Waals surface area contributed by atoms with Gasteiger partial charge in [0.2, 0.25) is 5.91 Å². The van der Waals surface area contributed by atoms with Gasteiger partial charge in [0, 0.05) is 30.4 Å². The topological polar surface area (TPSA) is 50.2 Å². The van der Waals surface area contributed by atoms with Gasteiger partial charge in [-0.25, -0.2) is 4.68 Å². The van der Waals surface area contributed by atoms with E-state index in [9.17, 15) is 13.6 Å². The van der Waals surface area contributed by atoms with Gasteiger partial charge < -0.3 is 10.2 Å². The first-order chi connectivity index (χ1) is 9.95. The van der Waals surface area contributed by atoms with Crippen molar-refractivity contribution in [2.45, 2.75) is 45.7 Å². The Hall–Kier alpha value is -1.50. The van der Waals surface area contributed by atoms with Gasteiger partial charge in [-0.1, -0.05) is 0 Å². The van der Waals surface area contributed by atoms with Crippen LogP contribution in [-0.2, 0) is 11.2 Å². The minimum absolute atomic E-state index is 0.00670. The largest absolute Gasteiger partial charge is 0.338 e. The fourth-order valence-electron chi connectivity index (χ4n) is 3.01. The Kier molecular flexibility index (Phi) is 4.92. The fraction of sp³-hybridized carbons (Fsp3) is 0.714. The molecule has 1 N–H and O–H groups in total. The van der Waals surface area contributed by atoms with E-state index in [-0.39, 0.29) is 18.4 Å². The first-order valence-electron chi connectivity index (χ1n) is 7.22. The maximum atomic E-state index is 12.8. The predicted molar refractivity (Wildman–Crippen MR) is 75.3 cm³/mol. The number of aryl methyl sites for hydroxylation is 1. The van der Waals surface area contributed by atoms with Gasteiger partial charge in [0.25, 0.3) is 0 Å². The number of likely N-dealkylation sites (tertiary alicyclic amines) is 1. The molecule has 1 atom stereocenters. The quantitative estimate of drug-likeness (QED) is 0.899. The number of halogens is 2. The molecule has 0 unspecified atom stereocenters. The molecule has 1 aliphatic rings. The van der Waals surface area contributed by atoms with Gasteiger partial charge in [-0.2, -0.15) is 13.9 Å². The molecular formula is C14H22F2N4O. The lowest BCUT2D eigenvalue weighted by atomic mass is 10.1. The molecule has 0 bridgehead atoms. The van der Waals surface area contributed by atoms with Crippen LogP contribution in [0.5, 0.6) is 0 Å². The number of hydrogen-bond donors (Lipinski definition) is 1. The van der Waals surface area contributed by atoms with Crippen molar-refractivity contribution in [2.24, 2.45) is 0 Å². The van der Waals surface area contributed by atoms with Crippen molar-refractivity contribution in [1.29, 1.82) is 0 Å². The van der Waals surface area contributed by atoms with Crippen molar-refractivity contribution in [3.8, 4) is 0 Å². The van der Waals surface area contributed by atoms with Gasteiger partial charge in [0.15, 0.2) is 0 Å². The lowest BCUT2D eigenvalue weighted by Crippen LogP contribution is -2.41. The number of hydrogen-bond acceptors (Lipinski definition) is 3. The van der Waals surface area contributed by atoms with Crippen LogP contribution in [0.15, 0.2) is 0 Å². The third kappa shape index (κ3) is 3.23. The average Bonchev–Trinajstić information content (AvgIpc) is 2.98. The number of nitrogens with zero attached hydrogens (tertiary/aromatic N) is 3. The van der Waals surface area contributed by atoms with Crippen LogP contribution in [0.3, 0.4) is 0 Å². The van der Waals surface area contributed by atoms with Crippen LogP contribution in [0.1, 0.15) is 36.3 Å². The van der Waals surface area contributed by atoms with E-state index in [1.807, 2.05) is 11.9 Å². The van der Waals surface area contributed by atoms with Crippen LogP contribution in [-0.4, -0.2) is 46.8 Å². The number of nitrogens with one attached hydrogen (secondary N) is 1. The standard InChI is InChI=1S/C14H22F2N4O/c1-9-12(10(2)20(18-9)14(15)16)7-13(21)19-6-4-5-11(19)8-17-3/h11,14,17H,4-8H2,1-3H3/t11-/m0/s1. The molecule has 0 aromatic carbocycles. The van der Waals surface area contributed by atoms with Crippen LogP contribution >= 0.6 is 0 Å². The van der Waals surface area contributed by atoms with Crippen molar-refractivity contribution < 1.29 is 13.6 Å². The zero-order chi connectivity index (χ0) is 15.6. The third-order valence-electron chi connectivity index (χ3n) is 4.12. The van der Waals surface area contributed by atoms with E-state index in [0.717, 1.165) is 25.9 Å². The molecule has 1 aromatic rings. The Morgan fingerprint density at radius 3 is 2.76 bits per heavy atom. The van der Waals surface area contributed by atoms with Crippen molar-refractivity contribution in [3.05, 3.63) is 17.0 Å². The van der Waals surface area contributed by atoms with Gasteiger partial charge in [0.05, 0.1) is 12.1 Å². The summed E-state index contributed by atoms with van der Waals surface area (Å²) in [7, 11) is 1.86. The highest BCUT2D eigenvalue weighted by molar-refractivity contribution is 5.80. The van der Waals surface area contributed by atoms with E-state index in [2.05, 4.69) is 10.4 Å². The van der Waals surface area contributed by atoms with Crippen LogP contribution in [0.2, 0.25) is 0 Å². The Morgan fingerprint density at radius 1 is 1.48 bits per heavy atom. The number of carbonyl (C=O) groups excluding carboxylic acids is 1. The number of amides is 1. The highest BCUT2D eigenvalue weighted by atomic mass is 19.3. The zero-order valence-electron chi connectivity index (χ0n) is 12.7. The minimum atomic E-state index is -2.67. The second-order valence-electron chi connectivity index (χ2n) is 5.49. The maximum absolute atomic E-state index is 12.8. The lowest BCUT2D eigenvalue weighted by Gasteiger charge is -2.24. The molecule has 1 aliphatic heterocycles. The number of likely N-dealkylation sites (N-methyl/N-ethyl adjacent to an activating group) is 1. The van der Waals surface area contributed by atoms with Gasteiger partial charge in [-0.05, 0) is 33.7 Å². The molecule has 1 aromatic heterocycles. The van der Waals surface area contributed by atoms with Crippen molar-refractivity contribution in [2.75, 3.05) is 20.1 Å². The first-order valence-corrected chi connectivity index (χ1v) is 7.22. The molecule has 0 spiro atoms. The molecule has 7 heteroatoms. The fourth-order valence-corrected chi connectivity index (χ4v) is 3.01. The minimum Gasteiger partial charge on any atom is -0.338 e. The van der Waals surface area contributed by atoms with E-state index in [0.29, 0.717) is 21.6 Å². The van der Waals surface area contributed by atoms with Gasteiger partial charge in [-0.3, -0.25) is 4.79 Å². The summed E-state index contributed by atoms with van der Waals surface area (Å²) >= 11 is 0. The molecular weight excluding hydrogens is 278 g/mol. The van der Waals surface area contributed by atoms with E-state index in [4.69, 9.17) is 0 Å². The van der Waals surface area contributed by atoms with Gasteiger partial charge in [-0.15, -0.1) is 0 Å². The molecule has 1 fully saturated rings. The van der Waals surface area contributed by atoms with Crippen molar-refractivity contribution >= 4 is 5.91 Å². The molecule has 1 amide bonds. The summed E-state index contributed by atoms with van der Waals surface area (Å²) in [5.41, 5.74) is 1.50. The van der Waals surface area contributed by atoms with Crippen LogP contribution in [0.25, 0.3) is 0 Å². The summed E-state index contributed by atoms with van der Waals surface area (Å²) in [4.78, 5) is 14.3. The summed E-state index contributed by atoms with van der Waals surface area (Å²) in [6.45, 7) is 2.09. The third-order valence-corrected chi connectivity index (χ3v) is 4.12. The Balaban J connectivity index is 2.13. The Bertz CT molecular complexity index is 515. The Morgan fingerprint density at radius 2 is 2.19 bits per heavy atom. The van der Waals surface area contributed by atoms with Crippen molar-refractivity contribution in [3.63, 3.8) is 0 Å². The van der Waals surface area contributed by atoms with Gasteiger partial charge >= 0.3 is 6.55 Å². The van der Waals surface area contributed by atoms with Crippen molar-refractivity contribution in [1.82, 2.24) is 20.0 Å². The highest BCUT2D eigenvalue weighted by Crippen LogP contribution is 2.22. The lowest BCUT2D eigenvalue weighted by molar-refractivity contribution is -0.131. The smallest absolute Gasteiger partial charge is 0.333 e. The van der Waals surface area contributed by atoms with E-state index >= 15 is 0 Å². The molecule has 2 heterocycles. The normalized spacial score (nSPS) is 18.8. The summed E-state index contributed by atoms with van der Waals surface area (Å²) in [5.74, 6) is -0.00670. The molecule has 5 nitrogen and oxygen atoms in total. The van der Waals surface area contributed by atoms with E-state index in [1.54, 1.807) is 13.8 Å². The molecule has 2 rings (SSSR count). The SMILES string of the molecule is CNC[C@@H]1CCCN1C(=O)Cc1c(C)nn(C(F)F)c1C. The molecule has 0 aliphatic carbocycles. The monoisotopic (exact) mass is 300 g/mol. The van der Waals surface area contributed by atoms with Crippen LogP contribution < -0.4 is 5.32 Å². The highest BCUT2D eigenvalue weighted by Gasteiger charge is 2.29. The maximum Gasteiger partial charge on any atom is 0.333 e. The van der Waals surface area contributed by atoms with Crippen LogP contribution in [0.4, 0.5) is 8.78 Å². The summed E-state index contributed by atoms with van der Waals surface area (Å²) in [6, 6.07) is 0.202. The van der Waals surface area contributed by atoms with Crippen LogP contribution in [0, 0.1) is 13.8 Å². The number of carbonyl (C=O) groups is 1. The molecule has 0 saturated carbocycles. The zero-order valence-corrected chi connectivity index (χ0v) is 12.7. The molecule has 0 radical (unpaired) electrons. The number of rotatable bonds is 5. The number of alkyl halides is 2. The number of aromatic nitrogens is 2. The summed E-state index contributed by atoms with van der Waals surface area (Å²) in [6.07, 6.45) is 2.12. The summed E-state index contributed by atoms with van der Waals surface area (Å²) in [5, 5.41) is 6.92. The predicted octanol–water partition coefficient (Wildman–Crippen LogP) is 1.65. The van der Waals surface area contributed by atoms with E-state index < -0.39 is 6.55 Å². The van der Waals surface area contributed by atoms with E-state index in [1.165, 1.54) is 0 Å². The van der Waals surface area contributed by atoms with Gasteiger partial charge in [0.1, 0.15) is 0 Å². The molecule has 21 heavy (non-hydrogen) atoms. The second-order valence-corrected chi connectivity index (χ2v) is 5.49. The molecule has 1 saturated heterocycles.